The summed E-state index contributed by atoms with van der Waals surface area (Å²) in [7, 11) is 0. The van der Waals surface area contributed by atoms with Gasteiger partial charge in [0.25, 0.3) is 0 Å². The molecule has 5 heteroatoms. The van der Waals surface area contributed by atoms with Crippen LogP contribution in [0.2, 0.25) is 0 Å². The van der Waals surface area contributed by atoms with Crippen LogP contribution in [-0.4, -0.2) is 58.9 Å². The number of carbonyl (C=O) groups is 1. The molecule has 1 fully saturated rings. The second-order valence-corrected chi connectivity index (χ2v) is 6.73. The van der Waals surface area contributed by atoms with E-state index in [2.05, 4.69) is 17.0 Å². The smallest absolute Gasteiger partial charge is 0.410 e. The predicted molar refractivity (Wildman–Crippen MR) is 85.5 cm³/mol. The van der Waals surface area contributed by atoms with Crippen LogP contribution in [0.5, 0.6) is 0 Å². The quantitative estimate of drug-likeness (QED) is 0.929. The molecule has 1 aromatic carbocycles. The van der Waals surface area contributed by atoms with Crippen molar-refractivity contribution in [1.29, 1.82) is 0 Å². The molecule has 1 saturated heterocycles. The predicted octanol–water partition coefficient (Wildman–Crippen LogP) is 2.10. The zero-order valence-corrected chi connectivity index (χ0v) is 13.7. The van der Waals surface area contributed by atoms with Crippen LogP contribution in [0.1, 0.15) is 26.3 Å². The number of aliphatic hydroxyl groups excluding tert-OH is 1. The Morgan fingerprint density at radius 3 is 2.55 bits per heavy atom. The van der Waals surface area contributed by atoms with Gasteiger partial charge in [0, 0.05) is 26.2 Å². The van der Waals surface area contributed by atoms with Crippen molar-refractivity contribution in [2.45, 2.75) is 39.0 Å². The van der Waals surface area contributed by atoms with E-state index < -0.39 is 5.60 Å². The summed E-state index contributed by atoms with van der Waals surface area (Å²) in [6.07, 6.45) is -0.342. The molecule has 1 unspecified atom stereocenters. The largest absolute Gasteiger partial charge is 0.444 e. The second kappa shape index (κ2) is 7.11. The average molecular weight is 306 g/mol. The van der Waals surface area contributed by atoms with Gasteiger partial charge in [0.2, 0.25) is 0 Å². The summed E-state index contributed by atoms with van der Waals surface area (Å²) >= 11 is 0. The molecule has 1 aliphatic heterocycles. The number of ether oxygens (including phenoxy) is 1. The third-order valence-electron chi connectivity index (χ3n) is 3.65. The van der Waals surface area contributed by atoms with Gasteiger partial charge in [-0.3, -0.25) is 4.90 Å². The number of hydrogen-bond acceptors (Lipinski definition) is 4. The topological polar surface area (TPSA) is 53.0 Å². The Morgan fingerprint density at radius 2 is 1.95 bits per heavy atom. The third-order valence-corrected chi connectivity index (χ3v) is 3.65. The summed E-state index contributed by atoms with van der Waals surface area (Å²) in [5, 5.41) is 9.62. The summed E-state index contributed by atoms with van der Waals surface area (Å²) in [5.41, 5.74) is 0.725. The molecule has 122 valence electrons. The molecule has 0 aliphatic carbocycles. The monoisotopic (exact) mass is 306 g/mol. The van der Waals surface area contributed by atoms with Crippen LogP contribution in [0.3, 0.4) is 0 Å². The van der Waals surface area contributed by atoms with E-state index in [1.54, 1.807) is 4.90 Å². The van der Waals surface area contributed by atoms with Crippen molar-refractivity contribution in [2.75, 3.05) is 26.2 Å². The van der Waals surface area contributed by atoms with Crippen LogP contribution in [0.15, 0.2) is 30.3 Å². The number of piperazine rings is 1. The molecular formula is C17H26N2O3. The maximum atomic E-state index is 12.2. The SMILES string of the molecule is CC(C)(C)OC(=O)N1CCN(Cc2ccccc2)CC1CO. The highest BCUT2D eigenvalue weighted by Gasteiger charge is 2.32. The first-order valence-electron chi connectivity index (χ1n) is 7.76. The first-order valence-corrected chi connectivity index (χ1v) is 7.76. The van der Waals surface area contributed by atoms with Crippen molar-refractivity contribution < 1.29 is 14.6 Å². The van der Waals surface area contributed by atoms with Crippen LogP contribution in [0, 0.1) is 0 Å². The number of nitrogens with zero attached hydrogens (tertiary/aromatic N) is 2. The summed E-state index contributed by atoms with van der Waals surface area (Å²) in [5.74, 6) is 0. The Labute approximate surface area is 132 Å². The van der Waals surface area contributed by atoms with Crippen molar-refractivity contribution in [3.05, 3.63) is 35.9 Å². The van der Waals surface area contributed by atoms with Gasteiger partial charge in [0.1, 0.15) is 5.60 Å². The van der Waals surface area contributed by atoms with Crippen LogP contribution < -0.4 is 0 Å². The molecule has 0 radical (unpaired) electrons. The van der Waals surface area contributed by atoms with Gasteiger partial charge >= 0.3 is 6.09 Å². The van der Waals surface area contributed by atoms with Crippen LogP contribution in [-0.2, 0) is 11.3 Å². The highest BCUT2D eigenvalue weighted by Crippen LogP contribution is 2.17. The van der Waals surface area contributed by atoms with Crippen LogP contribution in [0.4, 0.5) is 4.79 Å². The molecule has 1 atom stereocenters. The molecular weight excluding hydrogens is 280 g/mol. The normalized spacial score (nSPS) is 20.0. The Balaban J connectivity index is 1.95. The van der Waals surface area contributed by atoms with Crippen molar-refractivity contribution >= 4 is 6.09 Å². The lowest BCUT2D eigenvalue weighted by Crippen LogP contribution is -2.57. The first-order chi connectivity index (χ1) is 10.4. The van der Waals surface area contributed by atoms with Crippen molar-refractivity contribution in [2.24, 2.45) is 0 Å². The van der Waals surface area contributed by atoms with E-state index in [9.17, 15) is 9.90 Å². The Hall–Kier alpha value is -1.59. The summed E-state index contributed by atoms with van der Waals surface area (Å²) in [6, 6.07) is 10.0. The van der Waals surface area contributed by atoms with E-state index in [4.69, 9.17) is 4.74 Å². The molecule has 2 rings (SSSR count). The first kappa shape index (κ1) is 16.8. The number of aliphatic hydroxyl groups is 1. The zero-order valence-electron chi connectivity index (χ0n) is 13.7. The van der Waals surface area contributed by atoms with Crippen molar-refractivity contribution in [1.82, 2.24) is 9.80 Å². The van der Waals surface area contributed by atoms with Gasteiger partial charge in [-0.2, -0.15) is 0 Å². The fraction of sp³-hybridized carbons (Fsp3) is 0.588. The molecule has 22 heavy (non-hydrogen) atoms. The number of benzene rings is 1. The van der Waals surface area contributed by atoms with E-state index in [0.717, 1.165) is 13.1 Å². The fourth-order valence-corrected chi connectivity index (χ4v) is 2.62. The van der Waals surface area contributed by atoms with Gasteiger partial charge in [-0.15, -0.1) is 0 Å². The lowest BCUT2D eigenvalue weighted by molar-refractivity contribution is -0.0126. The fourth-order valence-electron chi connectivity index (χ4n) is 2.62. The van der Waals surface area contributed by atoms with Gasteiger partial charge < -0.3 is 14.7 Å². The van der Waals surface area contributed by atoms with E-state index in [-0.39, 0.29) is 18.7 Å². The minimum Gasteiger partial charge on any atom is -0.444 e. The Bertz CT molecular complexity index is 484. The van der Waals surface area contributed by atoms with E-state index >= 15 is 0 Å². The highest BCUT2D eigenvalue weighted by atomic mass is 16.6. The van der Waals surface area contributed by atoms with Gasteiger partial charge in [0.15, 0.2) is 0 Å². The minimum atomic E-state index is -0.516. The van der Waals surface area contributed by atoms with E-state index in [0.29, 0.717) is 13.1 Å². The van der Waals surface area contributed by atoms with E-state index in [1.807, 2.05) is 39.0 Å². The molecule has 1 aromatic rings. The van der Waals surface area contributed by atoms with E-state index in [1.165, 1.54) is 5.56 Å². The minimum absolute atomic E-state index is 0.0511. The number of carbonyl (C=O) groups excluding carboxylic acids is 1. The van der Waals surface area contributed by atoms with Crippen LogP contribution in [0.25, 0.3) is 0 Å². The lowest BCUT2D eigenvalue weighted by atomic mass is 10.1. The molecule has 0 spiro atoms. The summed E-state index contributed by atoms with van der Waals surface area (Å²) in [4.78, 5) is 16.1. The summed E-state index contributed by atoms with van der Waals surface area (Å²) in [6.45, 7) is 8.35. The number of hydrogen-bond donors (Lipinski definition) is 1. The molecule has 1 N–H and O–H groups in total. The molecule has 1 amide bonds. The second-order valence-electron chi connectivity index (χ2n) is 6.73. The molecule has 0 bridgehead atoms. The van der Waals surface area contributed by atoms with Gasteiger partial charge in [0.05, 0.1) is 12.6 Å². The number of rotatable bonds is 3. The van der Waals surface area contributed by atoms with Gasteiger partial charge in [-0.05, 0) is 26.3 Å². The van der Waals surface area contributed by atoms with Gasteiger partial charge in [-0.25, -0.2) is 4.79 Å². The zero-order chi connectivity index (χ0) is 16.2. The van der Waals surface area contributed by atoms with Gasteiger partial charge in [-0.1, -0.05) is 30.3 Å². The average Bonchev–Trinajstić information content (AvgIpc) is 2.46. The third kappa shape index (κ3) is 4.71. The molecule has 1 heterocycles. The number of amides is 1. The Morgan fingerprint density at radius 1 is 1.27 bits per heavy atom. The Kier molecular flexibility index (Phi) is 5.42. The van der Waals surface area contributed by atoms with Crippen molar-refractivity contribution in [3.8, 4) is 0 Å². The standard InChI is InChI=1S/C17H26N2O3/c1-17(2,3)22-16(21)19-10-9-18(12-15(19)13-20)11-14-7-5-4-6-8-14/h4-8,15,20H,9-13H2,1-3H3. The molecule has 1 aliphatic rings. The maximum absolute atomic E-state index is 12.2. The van der Waals surface area contributed by atoms with Crippen molar-refractivity contribution in [3.63, 3.8) is 0 Å². The molecule has 0 saturated carbocycles. The maximum Gasteiger partial charge on any atom is 0.410 e. The molecule has 0 aromatic heterocycles. The summed E-state index contributed by atoms with van der Waals surface area (Å²) < 4.78 is 5.42. The lowest BCUT2D eigenvalue weighted by Gasteiger charge is -2.41. The van der Waals surface area contributed by atoms with Crippen LogP contribution >= 0.6 is 0 Å². The highest BCUT2D eigenvalue weighted by molar-refractivity contribution is 5.68. The molecule has 5 nitrogen and oxygen atoms in total.